The van der Waals surface area contributed by atoms with Crippen molar-refractivity contribution in [3.63, 3.8) is 0 Å². The van der Waals surface area contributed by atoms with E-state index in [1.54, 1.807) is 0 Å². The lowest BCUT2D eigenvalue weighted by molar-refractivity contribution is -0.00612. The highest BCUT2D eigenvalue weighted by Gasteiger charge is 2.39. The average Bonchev–Trinajstić information content (AvgIpc) is 2.46. The first-order chi connectivity index (χ1) is 10.2. The molecule has 0 aromatic carbocycles. The van der Waals surface area contributed by atoms with E-state index in [0.29, 0.717) is 11.5 Å². The first-order valence-electron chi connectivity index (χ1n) is 8.97. The van der Waals surface area contributed by atoms with Crippen LogP contribution < -0.4 is 0 Å². The molecule has 1 amide bonds. The third-order valence-electron chi connectivity index (χ3n) is 5.55. The lowest BCUT2D eigenvalue weighted by Crippen LogP contribution is -2.50. The number of hydrogen-bond acceptors (Lipinski definition) is 3. The van der Waals surface area contributed by atoms with Crippen LogP contribution in [0.15, 0.2) is 0 Å². The number of hydrogen-bond donors (Lipinski definition) is 0. The summed E-state index contributed by atoms with van der Waals surface area (Å²) in [6, 6.07) is 0.708. The normalized spacial score (nSPS) is 24.3. The molecule has 2 aliphatic rings. The molecule has 0 saturated carbocycles. The number of piperidine rings is 2. The van der Waals surface area contributed by atoms with E-state index in [9.17, 15) is 4.79 Å². The number of rotatable bonds is 2. The first kappa shape index (κ1) is 17.6. The number of carbonyl (C=O) groups excluding carboxylic acids is 1. The van der Waals surface area contributed by atoms with Crippen molar-refractivity contribution in [1.29, 1.82) is 0 Å². The molecule has 2 heterocycles. The van der Waals surface area contributed by atoms with E-state index in [1.165, 1.54) is 32.4 Å². The molecule has 1 unspecified atom stereocenters. The summed E-state index contributed by atoms with van der Waals surface area (Å²) in [5.41, 5.74) is 0.0797. The van der Waals surface area contributed by atoms with Gasteiger partial charge in [0.1, 0.15) is 5.60 Å². The minimum absolute atomic E-state index is 0.139. The lowest BCUT2D eigenvalue weighted by atomic mass is 9.71. The van der Waals surface area contributed by atoms with Gasteiger partial charge in [0.15, 0.2) is 0 Å². The van der Waals surface area contributed by atoms with Crippen molar-refractivity contribution in [3.8, 4) is 0 Å². The summed E-state index contributed by atoms with van der Waals surface area (Å²) in [6.45, 7) is 14.6. The van der Waals surface area contributed by atoms with E-state index < -0.39 is 5.60 Å². The van der Waals surface area contributed by atoms with E-state index >= 15 is 0 Å². The Balaban J connectivity index is 1.81. The van der Waals surface area contributed by atoms with E-state index in [4.69, 9.17) is 4.74 Å². The molecule has 2 aliphatic heterocycles. The molecule has 4 nitrogen and oxygen atoms in total. The Bertz CT molecular complexity index is 371. The van der Waals surface area contributed by atoms with Crippen LogP contribution in [0.5, 0.6) is 0 Å². The first-order valence-corrected chi connectivity index (χ1v) is 8.97. The quantitative estimate of drug-likeness (QED) is 0.775. The molecule has 0 aliphatic carbocycles. The number of nitrogens with zero attached hydrogens (tertiary/aromatic N) is 2. The van der Waals surface area contributed by atoms with Gasteiger partial charge in [-0.25, -0.2) is 4.79 Å². The molecule has 2 saturated heterocycles. The Hall–Kier alpha value is -0.770. The smallest absolute Gasteiger partial charge is 0.410 e. The topological polar surface area (TPSA) is 32.8 Å². The van der Waals surface area contributed by atoms with Crippen LogP contribution in [0.3, 0.4) is 0 Å². The van der Waals surface area contributed by atoms with Crippen molar-refractivity contribution in [2.24, 2.45) is 5.41 Å². The minimum atomic E-state index is -0.395. The van der Waals surface area contributed by atoms with Gasteiger partial charge >= 0.3 is 6.09 Å². The number of likely N-dealkylation sites (tertiary alicyclic amines) is 2. The standard InChI is InChI=1S/C18H34N2O2/c1-6-15(2)19-11-7-18(8-12-19)9-13-20(14-10-18)16(21)22-17(3,4)5/h15H,6-14H2,1-5H3. The monoisotopic (exact) mass is 310 g/mol. The Morgan fingerprint density at radius 2 is 1.59 bits per heavy atom. The molecule has 2 fully saturated rings. The molecular formula is C18H34N2O2. The SMILES string of the molecule is CCC(C)N1CCC2(CCN(C(=O)OC(C)(C)C)CC2)CC1. The van der Waals surface area contributed by atoms with Gasteiger partial charge in [-0.2, -0.15) is 0 Å². The van der Waals surface area contributed by atoms with Crippen molar-refractivity contribution in [2.75, 3.05) is 26.2 Å². The number of amides is 1. The van der Waals surface area contributed by atoms with Gasteiger partial charge in [-0.1, -0.05) is 6.92 Å². The zero-order valence-electron chi connectivity index (χ0n) is 15.2. The van der Waals surface area contributed by atoms with Gasteiger partial charge < -0.3 is 14.5 Å². The maximum atomic E-state index is 12.2. The lowest BCUT2D eigenvalue weighted by Gasteiger charge is -2.48. The van der Waals surface area contributed by atoms with Crippen LogP contribution in [0.25, 0.3) is 0 Å². The summed E-state index contributed by atoms with van der Waals surface area (Å²) in [4.78, 5) is 16.7. The molecule has 4 heteroatoms. The fourth-order valence-corrected chi connectivity index (χ4v) is 3.69. The highest BCUT2D eigenvalue weighted by molar-refractivity contribution is 5.68. The third kappa shape index (κ3) is 4.37. The van der Waals surface area contributed by atoms with Crippen molar-refractivity contribution >= 4 is 6.09 Å². The molecule has 0 bridgehead atoms. The van der Waals surface area contributed by atoms with E-state index in [0.717, 1.165) is 25.9 Å². The fourth-order valence-electron chi connectivity index (χ4n) is 3.69. The van der Waals surface area contributed by atoms with Crippen LogP contribution in [0.1, 0.15) is 66.7 Å². The van der Waals surface area contributed by atoms with Gasteiger partial charge in [0.2, 0.25) is 0 Å². The number of carbonyl (C=O) groups is 1. The van der Waals surface area contributed by atoms with Gasteiger partial charge in [-0.05, 0) is 78.3 Å². The van der Waals surface area contributed by atoms with Crippen LogP contribution in [-0.4, -0.2) is 53.7 Å². The van der Waals surface area contributed by atoms with Crippen molar-refractivity contribution in [2.45, 2.75) is 78.4 Å². The summed E-state index contributed by atoms with van der Waals surface area (Å²) in [7, 11) is 0. The van der Waals surface area contributed by atoms with Crippen LogP contribution in [0, 0.1) is 5.41 Å². The predicted molar refractivity (Wildman–Crippen MR) is 90.0 cm³/mol. The van der Waals surface area contributed by atoms with Crippen molar-refractivity contribution in [3.05, 3.63) is 0 Å². The highest BCUT2D eigenvalue weighted by atomic mass is 16.6. The Morgan fingerprint density at radius 1 is 1.09 bits per heavy atom. The van der Waals surface area contributed by atoms with Crippen molar-refractivity contribution in [1.82, 2.24) is 9.80 Å². The predicted octanol–water partition coefficient (Wildman–Crippen LogP) is 3.90. The van der Waals surface area contributed by atoms with Gasteiger partial charge in [0.25, 0.3) is 0 Å². The second-order valence-electron chi connectivity index (χ2n) is 8.26. The molecule has 128 valence electrons. The Kier molecular flexibility index (Phi) is 5.41. The fraction of sp³-hybridized carbons (Fsp3) is 0.944. The molecule has 0 N–H and O–H groups in total. The highest BCUT2D eigenvalue weighted by Crippen LogP contribution is 2.41. The Labute approximate surface area is 136 Å². The second-order valence-corrected chi connectivity index (χ2v) is 8.26. The van der Waals surface area contributed by atoms with Crippen LogP contribution >= 0.6 is 0 Å². The average molecular weight is 310 g/mol. The van der Waals surface area contributed by atoms with E-state index in [-0.39, 0.29) is 6.09 Å². The third-order valence-corrected chi connectivity index (χ3v) is 5.55. The molecule has 0 aromatic heterocycles. The van der Waals surface area contributed by atoms with Crippen LogP contribution in [-0.2, 0) is 4.74 Å². The summed E-state index contributed by atoms with van der Waals surface area (Å²) < 4.78 is 5.49. The van der Waals surface area contributed by atoms with Gasteiger partial charge in [-0.3, -0.25) is 0 Å². The molecule has 1 spiro atoms. The molecule has 0 radical (unpaired) electrons. The summed E-state index contributed by atoms with van der Waals surface area (Å²) in [5, 5.41) is 0. The minimum Gasteiger partial charge on any atom is -0.444 e. The zero-order valence-corrected chi connectivity index (χ0v) is 15.2. The molecule has 1 atom stereocenters. The van der Waals surface area contributed by atoms with Gasteiger partial charge in [0, 0.05) is 19.1 Å². The van der Waals surface area contributed by atoms with Gasteiger partial charge in [-0.15, -0.1) is 0 Å². The summed E-state index contributed by atoms with van der Waals surface area (Å²) in [6.07, 6.45) is 5.96. The largest absolute Gasteiger partial charge is 0.444 e. The van der Waals surface area contributed by atoms with Crippen molar-refractivity contribution < 1.29 is 9.53 Å². The van der Waals surface area contributed by atoms with Crippen LogP contribution in [0.2, 0.25) is 0 Å². The molecule has 22 heavy (non-hydrogen) atoms. The van der Waals surface area contributed by atoms with Gasteiger partial charge in [0.05, 0.1) is 0 Å². The molecule has 2 rings (SSSR count). The molecular weight excluding hydrogens is 276 g/mol. The number of ether oxygens (including phenoxy) is 1. The zero-order chi connectivity index (χ0) is 16.4. The molecule has 0 aromatic rings. The Morgan fingerprint density at radius 3 is 2.05 bits per heavy atom. The second kappa shape index (κ2) is 6.77. The van der Waals surface area contributed by atoms with Crippen LogP contribution in [0.4, 0.5) is 4.79 Å². The summed E-state index contributed by atoms with van der Waals surface area (Å²) in [5.74, 6) is 0. The van der Waals surface area contributed by atoms with E-state index in [1.807, 2.05) is 25.7 Å². The maximum absolute atomic E-state index is 12.2. The van der Waals surface area contributed by atoms with E-state index in [2.05, 4.69) is 18.7 Å². The summed E-state index contributed by atoms with van der Waals surface area (Å²) >= 11 is 0. The maximum Gasteiger partial charge on any atom is 0.410 e.